The van der Waals surface area contributed by atoms with E-state index >= 15 is 0 Å². The first-order valence-electron chi connectivity index (χ1n) is 8.99. The first-order valence-corrected chi connectivity index (χ1v) is 8.99. The van der Waals surface area contributed by atoms with Crippen LogP contribution in [0.4, 0.5) is 16.2 Å². The van der Waals surface area contributed by atoms with Gasteiger partial charge in [-0.15, -0.1) is 0 Å². The molecule has 1 aliphatic rings. The summed E-state index contributed by atoms with van der Waals surface area (Å²) in [5, 5.41) is 5.84. The topological polar surface area (TPSA) is 70.7 Å². The van der Waals surface area contributed by atoms with Crippen LogP contribution in [0.3, 0.4) is 0 Å². The van der Waals surface area contributed by atoms with E-state index in [1.807, 2.05) is 30.9 Å². The Kier molecular flexibility index (Phi) is 7.10. The second kappa shape index (κ2) is 9.30. The molecule has 1 aliphatic heterocycles. The number of hydrogen-bond donors (Lipinski definition) is 2. The number of ether oxygens (including phenoxy) is 1. The molecule has 1 atom stereocenters. The number of carbonyl (C=O) groups excluding carboxylic acids is 2. The standard InChI is InChI=1S/C19H29N3O3/c1-14(2)13-25-19(24)21-17-8-4-7-16(10-17)20-11-18(23)22-9-5-6-15(3)12-22/h4,7-8,10,14-15,20H,5-6,9,11-13H2,1-3H3,(H,21,24)/t15-/m0/s1. The molecule has 1 aromatic rings. The lowest BCUT2D eigenvalue weighted by Gasteiger charge is -2.31. The molecule has 6 heteroatoms. The van der Waals surface area contributed by atoms with Crippen molar-refractivity contribution in [3.63, 3.8) is 0 Å². The Bertz CT molecular complexity index is 589. The number of amides is 2. The second-order valence-electron chi connectivity index (χ2n) is 7.14. The van der Waals surface area contributed by atoms with Crippen LogP contribution in [-0.4, -0.2) is 43.1 Å². The molecule has 0 aliphatic carbocycles. The second-order valence-corrected chi connectivity index (χ2v) is 7.14. The highest BCUT2D eigenvalue weighted by Gasteiger charge is 2.20. The van der Waals surface area contributed by atoms with E-state index in [4.69, 9.17) is 4.74 Å². The van der Waals surface area contributed by atoms with E-state index in [1.165, 1.54) is 6.42 Å². The van der Waals surface area contributed by atoms with Gasteiger partial charge in [0, 0.05) is 24.5 Å². The molecule has 1 aromatic carbocycles. The number of rotatable bonds is 6. The fourth-order valence-corrected chi connectivity index (χ4v) is 2.81. The summed E-state index contributed by atoms with van der Waals surface area (Å²) in [7, 11) is 0. The van der Waals surface area contributed by atoms with Gasteiger partial charge in [0.05, 0.1) is 13.2 Å². The largest absolute Gasteiger partial charge is 0.449 e. The first kappa shape index (κ1) is 19.1. The van der Waals surface area contributed by atoms with Crippen molar-refractivity contribution in [2.75, 3.05) is 36.9 Å². The minimum atomic E-state index is -0.468. The highest BCUT2D eigenvalue weighted by Crippen LogP contribution is 2.17. The highest BCUT2D eigenvalue weighted by atomic mass is 16.5. The van der Waals surface area contributed by atoms with E-state index in [-0.39, 0.29) is 12.5 Å². The minimum absolute atomic E-state index is 0.112. The summed E-state index contributed by atoms with van der Waals surface area (Å²) in [6.07, 6.45) is 1.80. The van der Waals surface area contributed by atoms with Crippen molar-refractivity contribution in [2.24, 2.45) is 11.8 Å². The quantitative estimate of drug-likeness (QED) is 0.825. The van der Waals surface area contributed by atoms with Crippen molar-refractivity contribution >= 4 is 23.4 Å². The summed E-state index contributed by atoms with van der Waals surface area (Å²) in [4.78, 5) is 25.9. The van der Waals surface area contributed by atoms with E-state index in [1.54, 1.807) is 12.1 Å². The zero-order valence-electron chi connectivity index (χ0n) is 15.4. The maximum atomic E-state index is 12.3. The van der Waals surface area contributed by atoms with E-state index in [9.17, 15) is 9.59 Å². The Balaban J connectivity index is 1.82. The van der Waals surface area contributed by atoms with Crippen LogP contribution in [0.1, 0.15) is 33.6 Å². The molecule has 2 amide bonds. The Morgan fingerprint density at radius 1 is 1.32 bits per heavy atom. The van der Waals surface area contributed by atoms with E-state index in [2.05, 4.69) is 17.6 Å². The molecule has 0 aromatic heterocycles. The lowest BCUT2D eigenvalue weighted by atomic mass is 10.0. The van der Waals surface area contributed by atoms with Gasteiger partial charge in [0.15, 0.2) is 0 Å². The van der Waals surface area contributed by atoms with Crippen LogP contribution in [-0.2, 0) is 9.53 Å². The molecular formula is C19H29N3O3. The van der Waals surface area contributed by atoms with Crippen molar-refractivity contribution in [1.29, 1.82) is 0 Å². The number of nitrogens with zero attached hydrogens (tertiary/aromatic N) is 1. The molecule has 2 rings (SSSR count). The summed E-state index contributed by atoms with van der Waals surface area (Å²) < 4.78 is 5.10. The maximum Gasteiger partial charge on any atom is 0.411 e. The molecule has 1 heterocycles. The van der Waals surface area contributed by atoms with Crippen molar-refractivity contribution < 1.29 is 14.3 Å². The normalized spacial score (nSPS) is 17.3. The molecule has 1 fully saturated rings. The smallest absolute Gasteiger partial charge is 0.411 e. The molecule has 0 saturated carbocycles. The van der Waals surface area contributed by atoms with Gasteiger partial charge in [-0.3, -0.25) is 10.1 Å². The average molecular weight is 347 g/mol. The van der Waals surface area contributed by atoms with E-state index in [0.29, 0.717) is 24.1 Å². The zero-order valence-corrected chi connectivity index (χ0v) is 15.4. The summed E-state index contributed by atoms with van der Waals surface area (Å²) in [6, 6.07) is 7.28. The molecule has 1 saturated heterocycles. The number of piperidine rings is 1. The monoisotopic (exact) mass is 347 g/mol. The first-order chi connectivity index (χ1) is 11.9. The van der Waals surface area contributed by atoms with Crippen LogP contribution in [0, 0.1) is 11.8 Å². The van der Waals surface area contributed by atoms with Crippen molar-refractivity contribution in [1.82, 2.24) is 4.90 Å². The summed E-state index contributed by atoms with van der Waals surface area (Å²) in [6.45, 7) is 8.47. The van der Waals surface area contributed by atoms with Crippen molar-refractivity contribution in [3.05, 3.63) is 24.3 Å². The zero-order chi connectivity index (χ0) is 18.2. The van der Waals surface area contributed by atoms with Gasteiger partial charge in [-0.2, -0.15) is 0 Å². The van der Waals surface area contributed by atoms with Gasteiger partial charge < -0.3 is 15.0 Å². The Labute approximate surface area is 149 Å². The lowest BCUT2D eigenvalue weighted by molar-refractivity contribution is -0.130. The third kappa shape index (κ3) is 6.64. The Hall–Kier alpha value is -2.24. The molecule has 0 bridgehead atoms. The van der Waals surface area contributed by atoms with Gasteiger partial charge in [-0.1, -0.05) is 26.8 Å². The summed E-state index contributed by atoms with van der Waals surface area (Å²) in [5.41, 5.74) is 1.43. The number of hydrogen-bond acceptors (Lipinski definition) is 4. The molecule has 138 valence electrons. The Morgan fingerprint density at radius 3 is 2.80 bits per heavy atom. The van der Waals surface area contributed by atoms with E-state index < -0.39 is 6.09 Å². The molecule has 0 radical (unpaired) electrons. The molecule has 0 unspecified atom stereocenters. The number of carbonyl (C=O) groups is 2. The fraction of sp³-hybridized carbons (Fsp3) is 0.579. The molecule has 2 N–H and O–H groups in total. The summed E-state index contributed by atoms with van der Waals surface area (Å²) >= 11 is 0. The third-order valence-electron chi connectivity index (χ3n) is 4.11. The van der Waals surface area contributed by atoms with Gasteiger partial charge in [0.25, 0.3) is 0 Å². The van der Waals surface area contributed by atoms with Crippen LogP contribution in [0.25, 0.3) is 0 Å². The van der Waals surface area contributed by atoms with Crippen LogP contribution >= 0.6 is 0 Å². The minimum Gasteiger partial charge on any atom is -0.449 e. The van der Waals surface area contributed by atoms with Crippen molar-refractivity contribution in [3.8, 4) is 0 Å². The van der Waals surface area contributed by atoms with Gasteiger partial charge in [-0.05, 0) is 42.9 Å². The molecular weight excluding hydrogens is 318 g/mol. The van der Waals surface area contributed by atoms with Gasteiger partial charge in [0.1, 0.15) is 0 Å². The lowest BCUT2D eigenvalue weighted by Crippen LogP contribution is -2.41. The number of nitrogens with one attached hydrogen (secondary N) is 2. The van der Waals surface area contributed by atoms with Crippen LogP contribution in [0.5, 0.6) is 0 Å². The van der Waals surface area contributed by atoms with Crippen LogP contribution in [0.15, 0.2) is 24.3 Å². The van der Waals surface area contributed by atoms with Gasteiger partial charge in [0.2, 0.25) is 5.91 Å². The average Bonchev–Trinajstić information content (AvgIpc) is 2.58. The predicted octanol–water partition coefficient (Wildman–Crippen LogP) is 3.56. The fourth-order valence-electron chi connectivity index (χ4n) is 2.81. The van der Waals surface area contributed by atoms with Gasteiger partial charge in [-0.25, -0.2) is 4.79 Å². The van der Waals surface area contributed by atoms with Crippen molar-refractivity contribution in [2.45, 2.75) is 33.6 Å². The Morgan fingerprint density at radius 2 is 2.08 bits per heavy atom. The molecule has 6 nitrogen and oxygen atoms in total. The van der Waals surface area contributed by atoms with Gasteiger partial charge >= 0.3 is 6.09 Å². The van der Waals surface area contributed by atoms with Crippen LogP contribution < -0.4 is 10.6 Å². The number of benzene rings is 1. The maximum absolute atomic E-state index is 12.3. The number of likely N-dealkylation sites (tertiary alicyclic amines) is 1. The predicted molar refractivity (Wildman–Crippen MR) is 99.7 cm³/mol. The third-order valence-corrected chi connectivity index (χ3v) is 4.11. The van der Waals surface area contributed by atoms with Crippen LogP contribution in [0.2, 0.25) is 0 Å². The van der Waals surface area contributed by atoms with E-state index in [0.717, 1.165) is 25.2 Å². The molecule has 0 spiro atoms. The highest BCUT2D eigenvalue weighted by molar-refractivity contribution is 5.86. The number of anilines is 2. The SMILES string of the molecule is CC(C)COC(=O)Nc1cccc(NCC(=O)N2CCC[C@H](C)C2)c1. The summed E-state index contributed by atoms with van der Waals surface area (Å²) in [5.74, 6) is 0.977. The molecule has 25 heavy (non-hydrogen) atoms.